The number of nitrogens with zero attached hydrogens (tertiary/aromatic N) is 1. The zero-order valence-corrected chi connectivity index (χ0v) is 6.65. The van der Waals surface area contributed by atoms with Crippen molar-refractivity contribution in [2.75, 3.05) is 20.1 Å². The largest absolute Gasteiger partial charge is 0.316 e. The number of nitrogens with one attached hydrogen (secondary N) is 1. The number of likely N-dealkylation sites (N-methyl/N-ethyl adjacent to an activating group) is 1. The topological polar surface area (TPSA) is 24.4 Å². The van der Waals surface area contributed by atoms with E-state index >= 15 is 0 Å². The van der Waals surface area contributed by atoms with E-state index in [1.165, 1.54) is 11.1 Å². The molecule has 0 aromatic carbocycles. The first-order chi connectivity index (χ1) is 4.84. The molecular formula is C8H14N2. The van der Waals surface area contributed by atoms with Crippen molar-refractivity contribution in [1.82, 2.24) is 5.32 Å². The Balaban J connectivity index is 2.60. The molecular weight excluding hydrogens is 124 g/mol. The Labute approximate surface area is 62.0 Å². The van der Waals surface area contributed by atoms with Crippen molar-refractivity contribution >= 4 is 6.21 Å². The first-order valence-electron chi connectivity index (χ1n) is 3.67. The van der Waals surface area contributed by atoms with Crippen molar-refractivity contribution in [2.24, 2.45) is 4.99 Å². The Morgan fingerprint density at radius 1 is 1.70 bits per heavy atom. The van der Waals surface area contributed by atoms with Gasteiger partial charge in [-0.15, -0.1) is 0 Å². The molecule has 0 aromatic rings. The zero-order chi connectivity index (χ0) is 7.40. The van der Waals surface area contributed by atoms with E-state index < -0.39 is 0 Å². The number of rotatable bonds is 2. The molecule has 0 unspecified atom stereocenters. The van der Waals surface area contributed by atoms with E-state index in [1.54, 1.807) is 0 Å². The Hall–Kier alpha value is -0.630. The minimum absolute atomic E-state index is 0.954. The van der Waals surface area contributed by atoms with Crippen LogP contribution in [0.3, 0.4) is 0 Å². The molecule has 0 amide bonds. The van der Waals surface area contributed by atoms with Crippen LogP contribution in [0, 0.1) is 0 Å². The Morgan fingerprint density at radius 2 is 2.50 bits per heavy atom. The summed E-state index contributed by atoms with van der Waals surface area (Å²) in [6.45, 7) is 4.10. The molecule has 0 atom stereocenters. The summed E-state index contributed by atoms with van der Waals surface area (Å²) in [5.74, 6) is 0. The Morgan fingerprint density at radius 3 is 3.10 bits per heavy atom. The van der Waals surface area contributed by atoms with Crippen LogP contribution < -0.4 is 5.32 Å². The lowest BCUT2D eigenvalue weighted by molar-refractivity contribution is 0.854. The van der Waals surface area contributed by atoms with E-state index in [4.69, 9.17) is 0 Å². The van der Waals surface area contributed by atoms with Crippen molar-refractivity contribution in [2.45, 2.75) is 13.3 Å². The Bertz CT molecular complexity index is 168. The molecule has 1 heterocycles. The summed E-state index contributed by atoms with van der Waals surface area (Å²) in [5.41, 5.74) is 2.83. The smallest absolute Gasteiger partial charge is 0.0426 e. The van der Waals surface area contributed by atoms with Crippen molar-refractivity contribution in [1.29, 1.82) is 0 Å². The normalized spacial score (nSPS) is 18.2. The van der Waals surface area contributed by atoms with E-state index in [0.717, 1.165) is 19.5 Å². The third-order valence-corrected chi connectivity index (χ3v) is 1.78. The predicted octanol–water partition coefficient (Wildman–Crippen LogP) is 0.997. The SMILES string of the molecule is CNCC1=C(C)CCN=C1. The standard InChI is InChI=1S/C8H14N2/c1-7-3-4-10-6-8(7)5-9-2/h6,9H,3-5H2,1-2H3. The maximum atomic E-state index is 4.20. The fourth-order valence-corrected chi connectivity index (χ4v) is 1.06. The molecule has 1 N–H and O–H groups in total. The van der Waals surface area contributed by atoms with E-state index in [-0.39, 0.29) is 0 Å². The van der Waals surface area contributed by atoms with Gasteiger partial charge in [0.2, 0.25) is 0 Å². The molecule has 2 nitrogen and oxygen atoms in total. The van der Waals surface area contributed by atoms with Gasteiger partial charge in [-0.2, -0.15) is 0 Å². The molecule has 0 fully saturated rings. The van der Waals surface area contributed by atoms with Gasteiger partial charge in [0.15, 0.2) is 0 Å². The van der Waals surface area contributed by atoms with Crippen LogP contribution in [0.5, 0.6) is 0 Å². The van der Waals surface area contributed by atoms with Crippen LogP contribution in [-0.4, -0.2) is 26.4 Å². The molecule has 0 radical (unpaired) electrons. The van der Waals surface area contributed by atoms with Crippen LogP contribution >= 0.6 is 0 Å². The van der Waals surface area contributed by atoms with E-state index in [2.05, 4.69) is 17.2 Å². The number of dihydropyridines is 1. The molecule has 56 valence electrons. The van der Waals surface area contributed by atoms with Gasteiger partial charge < -0.3 is 5.32 Å². The molecule has 0 spiro atoms. The molecule has 1 aliphatic rings. The molecule has 1 aliphatic heterocycles. The van der Waals surface area contributed by atoms with Crippen LogP contribution in [0.1, 0.15) is 13.3 Å². The summed E-state index contributed by atoms with van der Waals surface area (Å²) in [4.78, 5) is 4.20. The molecule has 2 heteroatoms. The quantitative estimate of drug-likeness (QED) is 0.604. The number of hydrogen-bond donors (Lipinski definition) is 1. The highest BCUT2D eigenvalue weighted by atomic mass is 14.8. The lowest BCUT2D eigenvalue weighted by Gasteiger charge is -2.10. The van der Waals surface area contributed by atoms with Crippen LogP contribution in [0.15, 0.2) is 16.1 Å². The zero-order valence-electron chi connectivity index (χ0n) is 6.65. The molecule has 10 heavy (non-hydrogen) atoms. The van der Waals surface area contributed by atoms with E-state index in [9.17, 15) is 0 Å². The molecule has 0 aliphatic carbocycles. The summed E-state index contributed by atoms with van der Waals surface area (Å²) in [7, 11) is 1.96. The van der Waals surface area contributed by atoms with Crippen molar-refractivity contribution in [3.8, 4) is 0 Å². The first kappa shape index (κ1) is 7.48. The second kappa shape index (κ2) is 3.52. The number of hydrogen-bond acceptors (Lipinski definition) is 2. The van der Waals surface area contributed by atoms with Crippen molar-refractivity contribution < 1.29 is 0 Å². The van der Waals surface area contributed by atoms with E-state index in [1.807, 2.05) is 13.3 Å². The van der Waals surface area contributed by atoms with Crippen LogP contribution in [0.2, 0.25) is 0 Å². The fraction of sp³-hybridized carbons (Fsp3) is 0.625. The monoisotopic (exact) mass is 138 g/mol. The van der Waals surface area contributed by atoms with Crippen LogP contribution in [0.4, 0.5) is 0 Å². The Kier molecular flexibility index (Phi) is 2.63. The third kappa shape index (κ3) is 1.67. The highest BCUT2D eigenvalue weighted by Crippen LogP contribution is 2.09. The molecule has 0 saturated heterocycles. The second-order valence-electron chi connectivity index (χ2n) is 2.62. The van der Waals surface area contributed by atoms with Gasteiger partial charge in [-0.05, 0) is 26.0 Å². The van der Waals surface area contributed by atoms with E-state index in [0.29, 0.717) is 0 Å². The summed E-state index contributed by atoms with van der Waals surface area (Å²) in [6, 6.07) is 0. The van der Waals surface area contributed by atoms with Crippen LogP contribution in [0.25, 0.3) is 0 Å². The van der Waals surface area contributed by atoms with Crippen molar-refractivity contribution in [3.63, 3.8) is 0 Å². The van der Waals surface area contributed by atoms with Crippen LogP contribution in [-0.2, 0) is 0 Å². The van der Waals surface area contributed by atoms with Gasteiger partial charge in [-0.25, -0.2) is 0 Å². The highest BCUT2D eigenvalue weighted by Gasteiger charge is 2.02. The molecule has 0 bridgehead atoms. The van der Waals surface area contributed by atoms with Gasteiger partial charge in [-0.1, -0.05) is 5.57 Å². The maximum Gasteiger partial charge on any atom is 0.0426 e. The first-order valence-corrected chi connectivity index (χ1v) is 3.67. The van der Waals surface area contributed by atoms with Gasteiger partial charge in [-0.3, -0.25) is 4.99 Å². The van der Waals surface area contributed by atoms with Gasteiger partial charge >= 0.3 is 0 Å². The van der Waals surface area contributed by atoms with Gasteiger partial charge in [0, 0.05) is 19.3 Å². The predicted molar refractivity (Wildman–Crippen MR) is 44.6 cm³/mol. The minimum atomic E-state index is 0.954. The number of aliphatic imine (C=N–C) groups is 1. The summed E-state index contributed by atoms with van der Waals surface area (Å²) < 4.78 is 0. The lowest BCUT2D eigenvalue weighted by atomic mass is 10.1. The minimum Gasteiger partial charge on any atom is -0.316 e. The lowest BCUT2D eigenvalue weighted by Crippen LogP contribution is -2.15. The highest BCUT2D eigenvalue weighted by molar-refractivity contribution is 5.81. The summed E-state index contributed by atoms with van der Waals surface area (Å²) in [5, 5.41) is 3.12. The van der Waals surface area contributed by atoms with Gasteiger partial charge in [0.1, 0.15) is 0 Å². The molecule has 1 rings (SSSR count). The summed E-state index contributed by atoms with van der Waals surface area (Å²) in [6.07, 6.45) is 3.11. The van der Waals surface area contributed by atoms with Gasteiger partial charge in [0.05, 0.1) is 0 Å². The molecule has 0 aromatic heterocycles. The average molecular weight is 138 g/mol. The molecule has 0 saturated carbocycles. The second-order valence-corrected chi connectivity index (χ2v) is 2.62. The third-order valence-electron chi connectivity index (χ3n) is 1.78. The van der Waals surface area contributed by atoms with Gasteiger partial charge in [0.25, 0.3) is 0 Å². The van der Waals surface area contributed by atoms with Crippen molar-refractivity contribution in [3.05, 3.63) is 11.1 Å². The summed E-state index contributed by atoms with van der Waals surface area (Å²) >= 11 is 0. The maximum absolute atomic E-state index is 4.20. The average Bonchev–Trinajstić information content (AvgIpc) is 1.94. The fourth-order valence-electron chi connectivity index (χ4n) is 1.06.